The minimum Gasteiger partial charge on any atom is -0.469 e. The fourth-order valence-electron chi connectivity index (χ4n) is 2.64. The van der Waals surface area contributed by atoms with Crippen molar-refractivity contribution in [2.24, 2.45) is 0 Å². The third kappa shape index (κ3) is 2.75. The van der Waals surface area contributed by atoms with Crippen LogP contribution in [0.25, 0.3) is 0 Å². The zero-order valence-corrected chi connectivity index (χ0v) is 11.2. The van der Waals surface area contributed by atoms with Gasteiger partial charge in [-0.1, -0.05) is 0 Å². The van der Waals surface area contributed by atoms with Crippen molar-refractivity contribution in [3.63, 3.8) is 0 Å². The van der Waals surface area contributed by atoms with E-state index >= 15 is 0 Å². The van der Waals surface area contributed by atoms with Crippen LogP contribution in [0.3, 0.4) is 0 Å². The fraction of sp³-hybridized carbons (Fsp3) is 0.643. The lowest BCUT2D eigenvalue weighted by atomic mass is 9.98. The maximum atomic E-state index is 12.5. The summed E-state index contributed by atoms with van der Waals surface area (Å²) < 4.78 is 5.23. The second-order valence-corrected chi connectivity index (χ2v) is 4.93. The van der Waals surface area contributed by atoms with E-state index in [0.29, 0.717) is 11.6 Å². The summed E-state index contributed by atoms with van der Waals surface area (Å²) in [4.78, 5) is 14.5. The van der Waals surface area contributed by atoms with Crippen LogP contribution in [-0.2, 0) is 0 Å². The monoisotopic (exact) mass is 250 g/mol. The quantitative estimate of drug-likeness (QED) is 0.891. The number of likely N-dealkylation sites (tertiary alicyclic amines) is 1. The van der Waals surface area contributed by atoms with Gasteiger partial charge in [-0.3, -0.25) is 4.79 Å². The Kier molecular flexibility index (Phi) is 4.42. The summed E-state index contributed by atoms with van der Waals surface area (Å²) in [6, 6.07) is 2.15. The molecule has 1 amide bonds. The maximum absolute atomic E-state index is 12.5. The molecule has 2 heterocycles. The highest BCUT2D eigenvalue weighted by Crippen LogP contribution is 2.23. The standard InChI is InChI=1S/C14H22N2O2/c1-11-13(7-10-18-11)14(17)16-9-4-3-5-12(16)6-8-15-2/h7,10,12,15H,3-6,8-9H2,1-2H3. The van der Waals surface area contributed by atoms with E-state index in [1.807, 2.05) is 18.9 Å². The molecule has 0 spiro atoms. The summed E-state index contributed by atoms with van der Waals surface area (Å²) in [7, 11) is 1.95. The Morgan fingerprint density at radius 3 is 3.06 bits per heavy atom. The van der Waals surface area contributed by atoms with Crippen LogP contribution in [0.1, 0.15) is 41.8 Å². The number of aryl methyl sites for hydroxylation is 1. The summed E-state index contributed by atoms with van der Waals surface area (Å²) in [5.41, 5.74) is 0.714. The maximum Gasteiger partial charge on any atom is 0.257 e. The van der Waals surface area contributed by atoms with Crippen LogP contribution in [0, 0.1) is 6.92 Å². The van der Waals surface area contributed by atoms with Gasteiger partial charge in [0.05, 0.1) is 11.8 Å². The molecule has 1 saturated heterocycles. The Balaban J connectivity index is 2.08. The van der Waals surface area contributed by atoms with E-state index in [-0.39, 0.29) is 5.91 Å². The van der Waals surface area contributed by atoms with Crippen molar-refractivity contribution in [2.45, 2.75) is 38.6 Å². The van der Waals surface area contributed by atoms with E-state index in [1.54, 1.807) is 12.3 Å². The molecule has 0 aliphatic carbocycles. The number of rotatable bonds is 4. The first-order chi connectivity index (χ1) is 8.74. The van der Waals surface area contributed by atoms with E-state index in [0.717, 1.165) is 38.1 Å². The van der Waals surface area contributed by atoms with Gasteiger partial charge in [-0.25, -0.2) is 0 Å². The molecule has 18 heavy (non-hydrogen) atoms. The molecule has 4 nitrogen and oxygen atoms in total. The SMILES string of the molecule is CNCCC1CCCCN1C(=O)c1ccoc1C. The highest BCUT2D eigenvalue weighted by Gasteiger charge is 2.28. The predicted molar refractivity (Wildman–Crippen MR) is 70.7 cm³/mol. The molecule has 100 valence electrons. The van der Waals surface area contributed by atoms with Gasteiger partial charge in [0.1, 0.15) is 5.76 Å². The average Bonchev–Trinajstić information content (AvgIpc) is 2.82. The smallest absolute Gasteiger partial charge is 0.257 e. The molecule has 2 rings (SSSR count). The predicted octanol–water partition coefficient (Wildman–Crippen LogP) is 2.19. The topological polar surface area (TPSA) is 45.5 Å². The minimum absolute atomic E-state index is 0.127. The minimum atomic E-state index is 0.127. The van der Waals surface area contributed by atoms with Crippen LogP contribution in [0.5, 0.6) is 0 Å². The molecule has 0 aromatic carbocycles. The summed E-state index contributed by atoms with van der Waals surface area (Å²) in [6.07, 6.45) is 6.07. The van der Waals surface area contributed by atoms with E-state index in [2.05, 4.69) is 5.32 Å². The molecule has 1 aromatic rings. The van der Waals surface area contributed by atoms with Gasteiger partial charge in [-0.05, 0) is 52.3 Å². The third-order valence-corrected chi connectivity index (χ3v) is 3.70. The number of piperidine rings is 1. The normalized spacial score (nSPS) is 20.1. The van der Waals surface area contributed by atoms with Crippen molar-refractivity contribution in [1.29, 1.82) is 0 Å². The van der Waals surface area contributed by atoms with Crippen LogP contribution in [-0.4, -0.2) is 37.0 Å². The molecule has 1 fully saturated rings. The molecule has 0 bridgehead atoms. The highest BCUT2D eigenvalue weighted by molar-refractivity contribution is 5.95. The van der Waals surface area contributed by atoms with Gasteiger partial charge in [0.15, 0.2) is 0 Å². The Bertz CT molecular complexity index is 400. The lowest BCUT2D eigenvalue weighted by Gasteiger charge is -2.35. The van der Waals surface area contributed by atoms with E-state index in [1.165, 1.54) is 6.42 Å². The molecule has 0 radical (unpaired) electrons. The molecule has 4 heteroatoms. The zero-order valence-electron chi connectivity index (χ0n) is 11.2. The van der Waals surface area contributed by atoms with Gasteiger partial charge >= 0.3 is 0 Å². The second kappa shape index (κ2) is 6.05. The van der Waals surface area contributed by atoms with Gasteiger partial charge in [0.25, 0.3) is 5.91 Å². The van der Waals surface area contributed by atoms with Crippen molar-refractivity contribution in [1.82, 2.24) is 10.2 Å². The van der Waals surface area contributed by atoms with Crippen LogP contribution in [0.4, 0.5) is 0 Å². The van der Waals surface area contributed by atoms with Crippen molar-refractivity contribution in [3.8, 4) is 0 Å². The molecule has 1 aliphatic heterocycles. The van der Waals surface area contributed by atoms with E-state index in [4.69, 9.17) is 4.42 Å². The van der Waals surface area contributed by atoms with Gasteiger partial charge in [0, 0.05) is 12.6 Å². The number of nitrogens with one attached hydrogen (secondary N) is 1. The van der Waals surface area contributed by atoms with Gasteiger partial charge in [-0.15, -0.1) is 0 Å². The molecule has 0 saturated carbocycles. The summed E-state index contributed by atoms with van der Waals surface area (Å²) in [6.45, 7) is 3.68. The number of carbonyl (C=O) groups is 1. The molecular weight excluding hydrogens is 228 g/mol. The third-order valence-electron chi connectivity index (χ3n) is 3.70. The Morgan fingerprint density at radius 2 is 2.39 bits per heavy atom. The molecule has 1 aliphatic rings. The Morgan fingerprint density at radius 1 is 1.56 bits per heavy atom. The number of amides is 1. The largest absolute Gasteiger partial charge is 0.469 e. The Hall–Kier alpha value is -1.29. The average molecular weight is 250 g/mol. The highest BCUT2D eigenvalue weighted by atomic mass is 16.3. The van der Waals surface area contributed by atoms with Crippen molar-refractivity contribution in [2.75, 3.05) is 20.1 Å². The van der Waals surface area contributed by atoms with Crippen LogP contribution >= 0.6 is 0 Å². The number of hydrogen-bond donors (Lipinski definition) is 1. The molecular formula is C14H22N2O2. The number of carbonyl (C=O) groups excluding carboxylic acids is 1. The second-order valence-electron chi connectivity index (χ2n) is 4.93. The van der Waals surface area contributed by atoms with Gasteiger partial charge in [0.2, 0.25) is 0 Å². The van der Waals surface area contributed by atoms with Crippen LogP contribution in [0.2, 0.25) is 0 Å². The van der Waals surface area contributed by atoms with Crippen LogP contribution < -0.4 is 5.32 Å². The van der Waals surface area contributed by atoms with Gasteiger partial charge in [-0.2, -0.15) is 0 Å². The fourth-order valence-corrected chi connectivity index (χ4v) is 2.64. The molecule has 1 N–H and O–H groups in total. The number of nitrogens with zero attached hydrogens (tertiary/aromatic N) is 1. The molecule has 1 aromatic heterocycles. The first-order valence-corrected chi connectivity index (χ1v) is 6.73. The summed E-state index contributed by atoms with van der Waals surface area (Å²) in [5, 5.41) is 3.16. The summed E-state index contributed by atoms with van der Waals surface area (Å²) >= 11 is 0. The molecule has 1 unspecified atom stereocenters. The molecule has 1 atom stereocenters. The number of furan rings is 1. The van der Waals surface area contributed by atoms with Crippen molar-refractivity contribution in [3.05, 3.63) is 23.7 Å². The summed E-state index contributed by atoms with van der Waals surface area (Å²) in [5.74, 6) is 0.847. The Labute approximate surface area is 108 Å². The van der Waals surface area contributed by atoms with E-state index in [9.17, 15) is 4.79 Å². The van der Waals surface area contributed by atoms with Crippen molar-refractivity contribution < 1.29 is 9.21 Å². The van der Waals surface area contributed by atoms with Crippen LogP contribution in [0.15, 0.2) is 16.7 Å². The number of hydrogen-bond acceptors (Lipinski definition) is 3. The lowest BCUT2D eigenvalue weighted by Crippen LogP contribution is -2.44. The zero-order chi connectivity index (χ0) is 13.0. The first kappa shape index (κ1) is 13.1. The first-order valence-electron chi connectivity index (χ1n) is 6.73. The lowest BCUT2D eigenvalue weighted by molar-refractivity contribution is 0.0601. The van der Waals surface area contributed by atoms with E-state index < -0.39 is 0 Å². The van der Waals surface area contributed by atoms with Gasteiger partial charge < -0.3 is 14.6 Å². The van der Waals surface area contributed by atoms with Crippen molar-refractivity contribution >= 4 is 5.91 Å².